The lowest BCUT2D eigenvalue weighted by Gasteiger charge is -2.18. The van der Waals surface area contributed by atoms with E-state index in [1.165, 1.54) is 0 Å². The monoisotopic (exact) mass is 312 g/mol. The molecule has 0 atom stereocenters. The topological polar surface area (TPSA) is 73.2 Å². The van der Waals surface area contributed by atoms with Crippen LogP contribution in [0.15, 0.2) is 60.7 Å². The second-order valence-electron chi connectivity index (χ2n) is 6.10. The van der Waals surface area contributed by atoms with Crippen molar-refractivity contribution >= 4 is 11.7 Å². The molecule has 0 saturated heterocycles. The number of aliphatic carboxylic acids is 1. The largest absolute Gasteiger partial charge is 0.480 e. The Morgan fingerprint density at radius 2 is 1.35 bits per heavy atom. The Morgan fingerprint density at radius 1 is 0.957 bits per heavy atom. The Bertz CT molecular complexity index is 575. The molecule has 0 amide bonds. The first-order valence-corrected chi connectivity index (χ1v) is 7.46. The maximum Gasteiger partial charge on any atom is 0.317 e. The summed E-state index contributed by atoms with van der Waals surface area (Å²) in [5.41, 5.74) is 2.39. The smallest absolute Gasteiger partial charge is 0.317 e. The van der Waals surface area contributed by atoms with Crippen molar-refractivity contribution in [3.05, 3.63) is 71.8 Å². The van der Waals surface area contributed by atoms with Crippen molar-refractivity contribution in [1.29, 1.82) is 5.41 Å². The molecular formula is C19H24N2O2. The Balaban J connectivity index is 0.000000257. The van der Waals surface area contributed by atoms with E-state index in [9.17, 15) is 4.79 Å². The molecule has 0 unspecified atom stereocenters. The number of hydrogen-bond acceptors (Lipinski definition) is 3. The quantitative estimate of drug-likeness (QED) is 0.756. The van der Waals surface area contributed by atoms with Crippen LogP contribution in [0.1, 0.15) is 31.9 Å². The van der Waals surface area contributed by atoms with E-state index in [4.69, 9.17) is 10.5 Å². The van der Waals surface area contributed by atoms with E-state index in [0.717, 1.165) is 11.1 Å². The van der Waals surface area contributed by atoms with Crippen LogP contribution in [0.3, 0.4) is 0 Å². The van der Waals surface area contributed by atoms with E-state index in [1.807, 2.05) is 81.4 Å². The van der Waals surface area contributed by atoms with Gasteiger partial charge in [0.05, 0.1) is 12.3 Å². The van der Waals surface area contributed by atoms with Gasteiger partial charge in [0.1, 0.15) is 0 Å². The lowest BCUT2D eigenvalue weighted by molar-refractivity contribution is -0.136. The zero-order chi connectivity index (χ0) is 17.3. The molecule has 2 aromatic rings. The minimum atomic E-state index is -0.815. The number of carboxylic acid groups (broad SMARTS) is 1. The summed E-state index contributed by atoms with van der Waals surface area (Å²) in [6.45, 7) is 5.81. The molecule has 0 saturated carbocycles. The van der Waals surface area contributed by atoms with Crippen molar-refractivity contribution in [3.8, 4) is 0 Å². The highest BCUT2D eigenvalue weighted by atomic mass is 16.4. The van der Waals surface area contributed by atoms with E-state index >= 15 is 0 Å². The Hall–Kier alpha value is -2.46. The molecule has 0 heterocycles. The molecule has 0 aromatic heterocycles. The Morgan fingerprint density at radius 3 is 1.61 bits per heavy atom. The Labute approximate surface area is 137 Å². The van der Waals surface area contributed by atoms with E-state index in [0.29, 0.717) is 5.71 Å². The summed E-state index contributed by atoms with van der Waals surface area (Å²) in [7, 11) is 0. The van der Waals surface area contributed by atoms with Crippen molar-refractivity contribution in [2.75, 3.05) is 6.54 Å². The van der Waals surface area contributed by atoms with Crippen LogP contribution in [0, 0.1) is 5.41 Å². The summed E-state index contributed by atoms with van der Waals surface area (Å²) < 4.78 is 0. The summed E-state index contributed by atoms with van der Waals surface area (Å²) in [6.07, 6.45) is 0. The van der Waals surface area contributed by atoms with Crippen molar-refractivity contribution in [2.45, 2.75) is 26.3 Å². The molecule has 2 aromatic carbocycles. The Kier molecular flexibility index (Phi) is 7.16. The molecule has 0 fully saturated rings. The second kappa shape index (κ2) is 8.86. The lowest BCUT2D eigenvalue weighted by Crippen LogP contribution is -2.39. The summed E-state index contributed by atoms with van der Waals surface area (Å²) in [4.78, 5) is 9.98. The number of hydrogen-bond donors (Lipinski definition) is 3. The van der Waals surface area contributed by atoms with Crippen LogP contribution in [0.2, 0.25) is 0 Å². The van der Waals surface area contributed by atoms with E-state index in [1.54, 1.807) is 0 Å². The zero-order valence-electron chi connectivity index (χ0n) is 13.8. The molecular weight excluding hydrogens is 288 g/mol. The van der Waals surface area contributed by atoms with Crippen LogP contribution >= 0.6 is 0 Å². The predicted octanol–water partition coefficient (Wildman–Crippen LogP) is 3.56. The van der Waals surface area contributed by atoms with E-state index in [-0.39, 0.29) is 12.1 Å². The van der Waals surface area contributed by atoms with Gasteiger partial charge in [-0.2, -0.15) is 0 Å². The average Bonchev–Trinajstić information content (AvgIpc) is 2.54. The highest BCUT2D eigenvalue weighted by Gasteiger charge is 2.09. The predicted molar refractivity (Wildman–Crippen MR) is 94.2 cm³/mol. The summed E-state index contributed by atoms with van der Waals surface area (Å²) in [5, 5.41) is 19.0. The second-order valence-corrected chi connectivity index (χ2v) is 6.10. The van der Waals surface area contributed by atoms with Gasteiger partial charge in [-0.25, -0.2) is 0 Å². The fourth-order valence-electron chi connectivity index (χ4n) is 1.72. The average molecular weight is 312 g/mol. The van der Waals surface area contributed by atoms with Gasteiger partial charge in [-0.1, -0.05) is 60.7 Å². The first-order chi connectivity index (χ1) is 10.8. The molecule has 23 heavy (non-hydrogen) atoms. The van der Waals surface area contributed by atoms with Gasteiger partial charge in [0, 0.05) is 5.54 Å². The highest BCUT2D eigenvalue weighted by molar-refractivity contribution is 6.10. The normalized spacial score (nSPS) is 10.4. The van der Waals surface area contributed by atoms with Crippen molar-refractivity contribution in [3.63, 3.8) is 0 Å². The van der Waals surface area contributed by atoms with Gasteiger partial charge in [0.15, 0.2) is 0 Å². The fraction of sp³-hybridized carbons (Fsp3) is 0.263. The molecule has 0 spiro atoms. The summed E-state index contributed by atoms with van der Waals surface area (Å²) in [5.74, 6) is -0.815. The maximum absolute atomic E-state index is 9.98. The standard InChI is InChI=1S/C13H11N.C6H13NO2/c14-13(11-7-3-1-4-8-11)12-9-5-2-6-10-12;1-6(2,3)7-4-5(8)9/h1-10,14H;7H,4H2,1-3H3,(H,8,9). The molecule has 122 valence electrons. The number of rotatable bonds is 4. The first-order valence-electron chi connectivity index (χ1n) is 7.46. The third kappa shape index (κ3) is 7.93. The summed E-state index contributed by atoms with van der Waals surface area (Å²) in [6, 6.07) is 19.5. The minimum absolute atomic E-state index is 0.0312. The SMILES string of the molecule is CC(C)(C)NCC(=O)O.N=C(c1ccccc1)c1ccccc1. The van der Waals surface area contributed by atoms with Crippen LogP contribution in [-0.4, -0.2) is 28.9 Å². The van der Waals surface area contributed by atoms with Crippen LogP contribution < -0.4 is 5.32 Å². The summed E-state index contributed by atoms with van der Waals surface area (Å²) >= 11 is 0. The van der Waals surface area contributed by atoms with Gasteiger partial charge in [-0.3, -0.25) is 10.2 Å². The lowest BCUT2D eigenvalue weighted by atomic mass is 10.0. The maximum atomic E-state index is 9.98. The molecule has 0 aliphatic heterocycles. The van der Waals surface area contributed by atoms with Gasteiger partial charge in [0.25, 0.3) is 0 Å². The van der Waals surface area contributed by atoms with Gasteiger partial charge in [-0.15, -0.1) is 0 Å². The number of carbonyl (C=O) groups is 1. The third-order valence-electron chi connectivity index (χ3n) is 2.89. The van der Waals surface area contributed by atoms with E-state index in [2.05, 4.69) is 5.32 Å². The van der Waals surface area contributed by atoms with Crippen molar-refractivity contribution in [1.82, 2.24) is 5.32 Å². The zero-order valence-corrected chi connectivity index (χ0v) is 13.8. The number of benzene rings is 2. The molecule has 0 radical (unpaired) electrons. The molecule has 4 heteroatoms. The van der Waals surface area contributed by atoms with Crippen LogP contribution in [0.25, 0.3) is 0 Å². The first kappa shape index (κ1) is 18.6. The van der Waals surface area contributed by atoms with Crippen molar-refractivity contribution in [2.24, 2.45) is 0 Å². The highest BCUT2D eigenvalue weighted by Crippen LogP contribution is 2.08. The molecule has 0 aliphatic carbocycles. The van der Waals surface area contributed by atoms with Gasteiger partial charge >= 0.3 is 5.97 Å². The van der Waals surface area contributed by atoms with E-state index < -0.39 is 5.97 Å². The number of nitrogens with one attached hydrogen (secondary N) is 2. The van der Waals surface area contributed by atoms with Crippen LogP contribution in [-0.2, 0) is 4.79 Å². The van der Waals surface area contributed by atoms with Gasteiger partial charge < -0.3 is 10.4 Å². The van der Waals surface area contributed by atoms with Crippen molar-refractivity contribution < 1.29 is 9.90 Å². The van der Waals surface area contributed by atoms with Gasteiger partial charge in [0.2, 0.25) is 0 Å². The van der Waals surface area contributed by atoms with Gasteiger partial charge in [-0.05, 0) is 31.9 Å². The molecule has 3 N–H and O–H groups in total. The molecule has 0 bridgehead atoms. The minimum Gasteiger partial charge on any atom is -0.480 e. The van der Waals surface area contributed by atoms with Crippen LogP contribution in [0.4, 0.5) is 0 Å². The third-order valence-corrected chi connectivity index (χ3v) is 2.89. The molecule has 4 nitrogen and oxygen atoms in total. The van der Waals surface area contributed by atoms with Crippen LogP contribution in [0.5, 0.6) is 0 Å². The molecule has 0 aliphatic rings. The fourth-order valence-corrected chi connectivity index (χ4v) is 1.72. The molecule has 2 rings (SSSR count). The number of carboxylic acids is 1.